The maximum absolute atomic E-state index is 13.8. The molecule has 0 spiro atoms. The van der Waals surface area contributed by atoms with E-state index in [0.717, 1.165) is 6.07 Å². The highest BCUT2D eigenvalue weighted by Crippen LogP contribution is 2.43. The van der Waals surface area contributed by atoms with Crippen molar-refractivity contribution in [3.8, 4) is 69.0 Å². The number of carbonyl (C=O) groups excluding carboxylic acids is 4. The second-order valence-corrected chi connectivity index (χ2v) is 13.4. The van der Waals surface area contributed by atoms with Gasteiger partial charge in [-0.05, 0) is 48.5 Å². The van der Waals surface area contributed by atoms with Crippen molar-refractivity contribution in [3.05, 3.63) is 70.8 Å². The molecule has 1 aliphatic heterocycles. The summed E-state index contributed by atoms with van der Waals surface area (Å²) in [5.74, 6) is -3.32. The summed E-state index contributed by atoms with van der Waals surface area (Å²) in [5, 5.41) is 21.8. The Balaban J connectivity index is 1.31. The Morgan fingerprint density at radius 3 is 1.09 bits per heavy atom. The van der Waals surface area contributed by atoms with E-state index in [4.69, 9.17) is 71.1 Å². The number of aliphatic hydroxyl groups excluding tert-OH is 2. The molecule has 5 rings (SSSR count). The zero-order chi connectivity index (χ0) is 47.5. The molecular weight excluding hydrogens is 864 g/mol. The van der Waals surface area contributed by atoms with E-state index in [1.54, 1.807) is 0 Å². The Morgan fingerprint density at radius 1 is 0.446 bits per heavy atom. The Morgan fingerprint density at radius 2 is 0.754 bits per heavy atom. The van der Waals surface area contributed by atoms with Gasteiger partial charge in [-0.15, -0.1) is 0 Å². The van der Waals surface area contributed by atoms with Gasteiger partial charge in [-0.2, -0.15) is 0 Å². The Hall–Kier alpha value is -7.36. The maximum atomic E-state index is 13.8. The quantitative estimate of drug-likeness (QED) is 0.101. The van der Waals surface area contributed by atoms with Crippen LogP contribution in [0, 0.1) is 0 Å². The summed E-state index contributed by atoms with van der Waals surface area (Å²) in [6.07, 6.45) is -5.91. The van der Waals surface area contributed by atoms with Crippen LogP contribution < -0.4 is 56.8 Å². The second kappa shape index (κ2) is 21.8. The molecule has 1 heterocycles. The van der Waals surface area contributed by atoms with Crippen LogP contribution in [0.2, 0.25) is 0 Å². The minimum absolute atomic E-state index is 0.000266. The number of hydrogen-bond acceptors (Lipinski definition) is 21. The third kappa shape index (κ3) is 10.5. The average Bonchev–Trinajstić information content (AvgIpc) is 3.32. The van der Waals surface area contributed by atoms with E-state index >= 15 is 0 Å². The van der Waals surface area contributed by atoms with Gasteiger partial charge in [0.25, 0.3) is 0 Å². The summed E-state index contributed by atoms with van der Waals surface area (Å²) in [6.45, 7) is -0.952. The molecule has 0 radical (unpaired) electrons. The molecule has 0 aromatic heterocycles. The zero-order valence-corrected chi connectivity index (χ0v) is 37.0. The van der Waals surface area contributed by atoms with Crippen LogP contribution in [0.1, 0.15) is 41.4 Å². The first-order valence-corrected chi connectivity index (χ1v) is 19.2. The molecule has 0 unspecified atom stereocenters. The van der Waals surface area contributed by atoms with Crippen molar-refractivity contribution in [2.45, 2.75) is 24.4 Å². The van der Waals surface area contributed by atoms with Gasteiger partial charge < -0.3 is 81.3 Å². The molecule has 65 heavy (non-hydrogen) atoms. The third-order valence-electron chi connectivity index (χ3n) is 9.79. The highest BCUT2D eigenvalue weighted by atomic mass is 16.6. The van der Waals surface area contributed by atoms with Crippen molar-refractivity contribution in [1.82, 2.24) is 0 Å². The second-order valence-electron chi connectivity index (χ2n) is 13.4. The minimum Gasteiger partial charge on any atom is -0.493 e. The smallest absolute Gasteiger partial charge is 0.343 e. The summed E-state index contributed by atoms with van der Waals surface area (Å²) in [5.41, 5.74) is -0.395. The van der Waals surface area contributed by atoms with Gasteiger partial charge in [0.05, 0.1) is 100.0 Å². The number of methoxy groups -OCH3 is 10. The predicted octanol–water partition coefficient (Wildman–Crippen LogP) is 3.71. The van der Waals surface area contributed by atoms with Gasteiger partial charge in [-0.3, -0.25) is 0 Å². The number of hydrogen-bond donors (Lipinski definition) is 2. The van der Waals surface area contributed by atoms with Crippen molar-refractivity contribution < 1.29 is 100 Å². The first kappa shape index (κ1) is 48.7. The summed E-state index contributed by atoms with van der Waals surface area (Å²) < 4.78 is 81.5. The first-order chi connectivity index (χ1) is 31.2. The van der Waals surface area contributed by atoms with Crippen LogP contribution in [-0.4, -0.2) is 143 Å². The fourth-order valence-corrected chi connectivity index (χ4v) is 6.51. The van der Waals surface area contributed by atoms with Gasteiger partial charge in [-0.1, -0.05) is 0 Å². The molecule has 21 heteroatoms. The van der Waals surface area contributed by atoms with Crippen molar-refractivity contribution >= 4 is 23.9 Å². The molecule has 4 aromatic rings. The van der Waals surface area contributed by atoms with Gasteiger partial charge in [0.15, 0.2) is 52.1 Å². The molecule has 1 saturated heterocycles. The fraction of sp³-hybridized carbons (Fsp3) is 0.364. The molecule has 2 N–H and O–H groups in total. The molecular formula is C44H48O21. The maximum Gasteiger partial charge on any atom is 0.343 e. The molecule has 350 valence electrons. The number of carbonyl (C=O) groups is 4. The molecule has 4 aromatic carbocycles. The van der Waals surface area contributed by atoms with Crippen molar-refractivity contribution in [2.24, 2.45) is 0 Å². The van der Waals surface area contributed by atoms with E-state index in [1.165, 1.54) is 114 Å². The van der Waals surface area contributed by atoms with E-state index in [2.05, 4.69) is 0 Å². The summed E-state index contributed by atoms with van der Waals surface area (Å²) >= 11 is 0. The Labute approximate surface area is 372 Å². The first-order valence-electron chi connectivity index (χ1n) is 19.2. The van der Waals surface area contributed by atoms with Crippen LogP contribution >= 0.6 is 0 Å². The molecule has 21 nitrogen and oxygen atoms in total. The Kier molecular flexibility index (Phi) is 16.3. The monoisotopic (exact) mass is 912 g/mol. The number of aliphatic hydroxyl groups is 2. The van der Waals surface area contributed by atoms with Crippen LogP contribution in [0.5, 0.6) is 69.0 Å². The summed E-state index contributed by atoms with van der Waals surface area (Å²) in [7, 11) is 13.4. The van der Waals surface area contributed by atoms with Crippen LogP contribution in [0.3, 0.4) is 0 Å². The molecule has 0 aliphatic carbocycles. The van der Waals surface area contributed by atoms with Crippen molar-refractivity contribution in [3.63, 3.8) is 0 Å². The third-order valence-corrected chi connectivity index (χ3v) is 9.79. The van der Waals surface area contributed by atoms with Crippen LogP contribution in [0.4, 0.5) is 0 Å². The lowest BCUT2D eigenvalue weighted by Gasteiger charge is -2.36. The normalized spacial score (nSPS) is 16.5. The zero-order valence-electron chi connectivity index (χ0n) is 37.0. The van der Waals surface area contributed by atoms with Crippen molar-refractivity contribution in [2.75, 3.05) is 84.3 Å². The van der Waals surface area contributed by atoms with Gasteiger partial charge in [0.1, 0.15) is 24.9 Å². The van der Waals surface area contributed by atoms with Gasteiger partial charge in [0, 0.05) is 0 Å². The van der Waals surface area contributed by atoms with Crippen LogP contribution in [0.15, 0.2) is 48.5 Å². The lowest BCUT2D eigenvalue weighted by molar-refractivity contribution is -0.196. The minimum atomic E-state index is -1.68. The highest BCUT2D eigenvalue weighted by Gasteiger charge is 2.41. The largest absolute Gasteiger partial charge is 0.493 e. The standard InChI is InChI=1S/C44H48O21/c1-51-25-12-22(13-26(52-2)37(25)57-7)42(48)64-32-18-24(16-30(56-6)40(32)60-10)43(49)63-31-17-21(11-29(55-5)39(31)59-9)41(47)62-19-33-35(45)36(46)34(20-61-33)65-44(50)23-14-27(53-3)38(58-8)28(15-23)54-4/h11-18,33-36,45-46H,19-20H2,1-10H3/t33-,34+,35-,36-/m1/s1. The van der Waals surface area contributed by atoms with Crippen LogP contribution in [-0.2, 0) is 14.2 Å². The SMILES string of the molecule is COc1cc(C(=O)Oc2cc(C(=O)Oc3cc(C(=O)OC[C@H]4OC[C@H](OC(=O)c5cc(OC)c(OC)c(OC)c5)[C@@H](O)[C@@H]4O)cc(OC)c3OC)cc(OC)c2OC)cc(OC)c1OC. The molecule has 0 bridgehead atoms. The molecule has 4 atom stereocenters. The number of benzene rings is 4. The molecule has 1 aliphatic rings. The average molecular weight is 913 g/mol. The molecule has 0 saturated carbocycles. The van der Waals surface area contributed by atoms with E-state index in [9.17, 15) is 29.4 Å². The summed E-state index contributed by atoms with van der Waals surface area (Å²) in [4.78, 5) is 53.8. The number of ether oxygens (including phenoxy) is 15. The van der Waals surface area contributed by atoms with Crippen molar-refractivity contribution in [1.29, 1.82) is 0 Å². The lowest BCUT2D eigenvalue weighted by Crippen LogP contribution is -2.55. The molecule has 1 fully saturated rings. The molecule has 0 amide bonds. The van der Waals surface area contributed by atoms with Gasteiger partial charge >= 0.3 is 23.9 Å². The lowest BCUT2D eigenvalue weighted by atomic mass is 10.0. The Bertz CT molecular complexity index is 2330. The van der Waals surface area contributed by atoms with E-state index in [1.807, 2.05) is 0 Å². The van der Waals surface area contributed by atoms with Crippen LogP contribution in [0.25, 0.3) is 0 Å². The van der Waals surface area contributed by atoms with E-state index in [0.29, 0.717) is 0 Å². The van der Waals surface area contributed by atoms with E-state index in [-0.39, 0.29) is 97.9 Å². The summed E-state index contributed by atoms with van der Waals surface area (Å²) in [6, 6.07) is 10.3. The fourth-order valence-electron chi connectivity index (χ4n) is 6.51. The highest BCUT2D eigenvalue weighted by molar-refractivity contribution is 5.97. The van der Waals surface area contributed by atoms with Gasteiger partial charge in [-0.25, -0.2) is 19.2 Å². The topological polar surface area (TPSA) is 247 Å². The van der Waals surface area contributed by atoms with Gasteiger partial charge in [0.2, 0.25) is 23.0 Å². The number of rotatable bonds is 19. The number of esters is 4. The van der Waals surface area contributed by atoms with E-state index < -0.39 is 54.9 Å². The predicted molar refractivity (Wildman–Crippen MR) is 222 cm³/mol.